The number of benzene rings is 2. The maximum Gasteiger partial charge on any atom is 0.407 e. The van der Waals surface area contributed by atoms with Crippen molar-refractivity contribution in [3.05, 3.63) is 128 Å². The van der Waals surface area contributed by atoms with Crippen molar-refractivity contribution in [3.63, 3.8) is 0 Å². The normalized spacial score (nSPS) is 23.0. The zero-order chi connectivity index (χ0) is 64.7. The molecule has 4 aromatic heterocycles. The molecule has 10 atom stereocenters. The largest absolute Gasteiger partial charge is 0.469 e. The fourth-order valence-corrected chi connectivity index (χ4v) is 14.7. The van der Waals surface area contributed by atoms with Crippen molar-refractivity contribution >= 4 is 78.1 Å². The Kier molecular flexibility index (Phi) is 20.4. The van der Waals surface area contributed by atoms with E-state index in [2.05, 4.69) is 159 Å². The van der Waals surface area contributed by atoms with E-state index in [-0.39, 0.29) is 48.1 Å². The van der Waals surface area contributed by atoms with Gasteiger partial charge in [-0.05, 0) is 181 Å². The van der Waals surface area contributed by atoms with E-state index in [0.29, 0.717) is 66.6 Å². The number of likely N-dealkylation sites (tertiary alicyclic amines) is 2. The molecule has 92 heavy (non-hydrogen) atoms. The molecule has 4 fully saturated rings. The molecule has 12 rings (SSSR count). The van der Waals surface area contributed by atoms with Gasteiger partial charge in [0.1, 0.15) is 40.5 Å². The number of ether oxygens (including phenoxy) is 2. The highest BCUT2D eigenvalue weighted by atomic mass is 32.1. The molecule has 0 bridgehead atoms. The topological polar surface area (TPSA) is 211 Å². The fourth-order valence-electron chi connectivity index (χ4n) is 12.9. The second kappa shape index (κ2) is 28.9. The van der Waals surface area contributed by atoms with Crippen molar-refractivity contribution in [1.29, 1.82) is 0 Å². The Morgan fingerprint density at radius 1 is 0.598 bits per heavy atom. The van der Waals surface area contributed by atoms with Gasteiger partial charge in [0.05, 0.1) is 66.8 Å². The number of alkyl carbamates (subject to hydrolysis) is 1. The first-order valence-corrected chi connectivity index (χ1v) is 33.8. The van der Waals surface area contributed by atoms with E-state index < -0.39 is 18.1 Å². The summed E-state index contributed by atoms with van der Waals surface area (Å²) in [5.74, 6) is 28.7. The highest BCUT2D eigenvalue weighted by Gasteiger charge is 2.42. The van der Waals surface area contributed by atoms with E-state index in [1.54, 1.807) is 28.9 Å². The van der Waals surface area contributed by atoms with Crippen LogP contribution in [0.3, 0.4) is 0 Å². The van der Waals surface area contributed by atoms with Crippen molar-refractivity contribution in [2.75, 3.05) is 40.4 Å². The minimum absolute atomic E-state index is 0.0107. The molecule has 0 unspecified atom stereocenters. The summed E-state index contributed by atoms with van der Waals surface area (Å²) < 4.78 is 12.0. The Morgan fingerprint density at radius 3 is 1.67 bits per heavy atom. The number of amides is 3. The predicted octanol–water partition coefficient (Wildman–Crippen LogP) is 11.2. The molecular weight excluding hydrogens is 1190 g/mol. The zero-order valence-electron chi connectivity index (χ0n) is 54.1. The van der Waals surface area contributed by atoms with Gasteiger partial charge in [-0.2, -0.15) is 0 Å². The lowest BCUT2D eigenvalue weighted by Crippen LogP contribution is -2.53. The number of rotatable bonds is 11. The fraction of sp³-hybridized carbons (Fsp3) is 0.452. The summed E-state index contributed by atoms with van der Waals surface area (Å²) in [6.07, 6.45) is 12.5. The molecule has 0 aliphatic carbocycles. The lowest BCUT2D eigenvalue weighted by atomic mass is 9.91. The van der Waals surface area contributed by atoms with Crippen LogP contribution in [0.15, 0.2) is 94.5 Å². The second-order valence-corrected chi connectivity index (χ2v) is 28.3. The van der Waals surface area contributed by atoms with Crippen LogP contribution in [-0.4, -0.2) is 124 Å². The average Bonchev–Trinajstić information content (AvgIpc) is 1.70. The lowest BCUT2D eigenvalue weighted by molar-refractivity contribution is -0.148. The third kappa shape index (κ3) is 15.7. The number of nitrogens with one attached hydrogen (secondary N) is 5. The number of hydrogen-bond acceptors (Lipinski definition) is 14. The van der Waals surface area contributed by atoms with Gasteiger partial charge in [0, 0.05) is 63.9 Å². The number of imidazole rings is 2. The minimum Gasteiger partial charge on any atom is -0.469 e. The highest BCUT2D eigenvalue weighted by Crippen LogP contribution is 2.37. The van der Waals surface area contributed by atoms with Crippen LogP contribution in [0.25, 0.3) is 20.2 Å². The number of aliphatic imine (C=N–C) groups is 2. The second-order valence-electron chi connectivity index (χ2n) is 26.2. The number of hydrogen-bond donors (Lipinski definition) is 5. The predicted molar refractivity (Wildman–Crippen MR) is 364 cm³/mol. The summed E-state index contributed by atoms with van der Waals surface area (Å²) in [5, 5.41) is 12.0. The third-order valence-electron chi connectivity index (χ3n) is 17.9. The Hall–Kier alpha value is -8.56. The quantitative estimate of drug-likeness (QED) is 0.0612. The number of aromatic amines is 2. The van der Waals surface area contributed by atoms with Gasteiger partial charge < -0.3 is 45.2 Å². The summed E-state index contributed by atoms with van der Waals surface area (Å²) >= 11 is 3.31. The zero-order valence-corrected chi connectivity index (χ0v) is 55.7. The molecule has 10 heterocycles. The Labute approximate surface area is 547 Å². The summed E-state index contributed by atoms with van der Waals surface area (Å²) in [7, 11) is 2.64. The van der Waals surface area contributed by atoms with E-state index in [1.165, 1.54) is 36.4 Å². The monoisotopic (exact) mass is 1270 g/mol. The molecule has 0 radical (unpaired) electrons. The van der Waals surface area contributed by atoms with Crippen molar-refractivity contribution < 1.29 is 28.7 Å². The molecule has 0 spiro atoms. The molecule has 6 aliphatic heterocycles. The smallest absolute Gasteiger partial charge is 0.407 e. The number of aromatic nitrogens is 4. The number of H-pyrrole nitrogens is 2. The van der Waals surface area contributed by atoms with Crippen LogP contribution in [0.1, 0.15) is 156 Å². The van der Waals surface area contributed by atoms with E-state index in [1.807, 2.05) is 55.8 Å². The maximum atomic E-state index is 13.7. The van der Waals surface area contributed by atoms with Gasteiger partial charge in [-0.1, -0.05) is 67.2 Å². The van der Waals surface area contributed by atoms with Crippen molar-refractivity contribution in [2.45, 2.75) is 131 Å². The van der Waals surface area contributed by atoms with Gasteiger partial charge >= 0.3 is 12.1 Å². The standard InChI is InChI=1S/C44H52N6O6S.C29H29N5S/c1-25(2)34(21-39(51)55-7)42(52)50-24-28(6)18-37(50)41-45-22-32(47-41)12-14-33-20-30-19-29(10-16-38(30)57-33)9-11-31-13-15-35(46-31)36-17-27(5)23-49(36)43(53)40(26(3)4)48-44(54)56-8;1-18-11-26(30-15-18)25-9-7-22(33-25)5-3-20-4-10-28-21(13-20)14-24(35-28)8-6-23-17-32-29(34-23)27-12-19(2)16-31-27/h10,13,16,19-20,22,25-28,34,36-37,40H,15,17-18,21,23-24H2,1-8H3,(H,45,47)(H,48,54);4,7,10,13-14,17-19,26-27,30-31H,9,11-12,15-16H2,1-2H3,(H,32,34)/t27-,28-,34-,36-,37-,40-;18-,19-,26-,27-/m00/s1. The number of thiophene rings is 2. The Balaban J connectivity index is 0.000000210. The molecule has 6 aromatic rings. The molecule has 0 saturated carbocycles. The Morgan fingerprint density at radius 2 is 1.13 bits per heavy atom. The molecule has 6 aliphatic rings. The van der Waals surface area contributed by atoms with Crippen LogP contribution >= 0.6 is 22.7 Å². The number of fused-ring (bicyclic) bond motifs is 2. The molecule has 19 heteroatoms. The van der Waals surface area contributed by atoms with Gasteiger partial charge in [-0.3, -0.25) is 14.4 Å². The average molecular weight is 1270 g/mol. The molecule has 5 N–H and O–H groups in total. The minimum atomic E-state index is -0.684. The van der Waals surface area contributed by atoms with Crippen LogP contribution in [0.4, 0.5) is 4.79 Å². The van der Waals surface area contributed by atoms with Gasteiger partial charge in [0.15, 0.2) is 0 Å². The summed E-state index contributed by atoms with van der Waals surface area (Å²) in [6.45, 7) is 19.9. The van der Waals surface area contributed by atoms with Gasteiger partial charge in [-0.25, -0.2) is 24.7 Å². The SMILES string of the molecule is COC(=O)C[C@H](C(=O)N1C[C@@H](C)C[C@H]1c1ncc(C#Cc2cc3cc(C#CC4=CCC([C@@H]5C[C@H](C)CN5C(=O)[C@@H](NC(=O)OC)C(C)C)=N4)ccc3s2)[nH]1)C(C)C.C[C@@H]1CN[C@H](C2=NC(C#Cc3ccc4sc(C#Cc5cnc([C@@H]6C[C@H](C)CN6)[nH]5)cc4c3)=CC2)C1. The van der Waals surface area contributed by atoms with Crippen molar-refractivity contribution in [3.8, 4) is 47.4 Å². The molecule has 476 valence electrons. The van der Waals surface area contributed by atoms with Gasteiger partial charge in [0.25, 0.3) is 0 Å². The van der Waals surface area contributed by atoms with Gasteiger partial charge in [-0.15, -0.1) is 22.7 Å². The summed E-state index contributed by atoms with van der Waals surface area (Å²) in [4.78, 5) is 82.6. The first-order valence-electron chi connectivity index (χ1n) is 32.1. The van der Waals surface area contributed by atoms with E-state index in [4.69, 9.17) is 19.5 Å². The van der Waals surface area contributed by atoms with E-state index in [9.17, 15) is 19.2 Å². The van der Waals surface area contributed by atoms with E-state index in [0.717, 1.165) is 98.6 Å². The van der Waals surface area contributed by atoms with Crippen LogP contribution in [0.5, 0.6) is 0 Å². The number of carbonyl (C=O) groups is 4. The van der Waals surface area contributed by atoms with Crippen LogP contribution < -0.4 is 16.0 Å². The number of methoxy groups -OCH3 is 2. The number of nitrogens with zero attached hydrogens (tertiary/aromatic N) is 6. The number of allylic oxidation sites excluding steroid dienone is 4. The van der Waals surface area contributed by atoms with E-state index >= 15 is 0 Å². The third-order valence-corrected chi connectivity index (χ3v) is 20.0. The van der Waals surface area contributed by atoms with Crippen molar-refractivity contribution in [1.82, 2.24) is 45.7 Å². The molecule has 3 amide bonds. The van der Waals surface area contributed by atoms with Crippen molar-refractivity contribution in [2.24, 2.45) is 51.4 Å². The summed E-state index contributed by atoms with van der Waals surface area (Å²) in [5.41, 5.74) is 7.10. The molecule has 2 aromatic carbocycles. The van der Waals surface area contributed by atoms with Crippen LogP contribution in [0, 0.1) is 88.8 Å². The van der Waals surface area contributed by atoms with Crippen LogP contribution in [0.2, 0.25) is 0 Å². The molecule has 4 saturated heterocycles. The highest BCUT2D eigenvalue weighted by molar-refractivity contribution is 7.19. The van der Waals surface area contributed by atoms with Crippen LogP contribution in [-0.2, 0) is 23.9 Å². The number of esters is 1. The van der Waals surface area contributed by atoms with Gasteiger partial charge in [0.2, 0.25) is 11.8 Å². The molecular formula is C73H81N11O6S2. The Bertz CT molecular complexity index is 4190. The first-order chi connectivity index (χ1) is 44.3. The summed E-state index contributed by atoms with van der Waals surface area (Å²) in [6, 6.07) is 16.3. The molecule has 17 nitrogen and oxygen atoms in total. The number of carbonyl (C=O) groups excluding carboxylic acids is 4. The maximum absolute atomic E-state index is 13.7. The lowest BCUT2D eigenvalue weighted by Gasteiger charge is -2.30. The first kappa shape index (κ1) is 65.0.